The zero-order chi connectivity index (χ0) is 19.6. The lowest BCUT2D eigenvalue weighted by molar-refractivity contribution is 0.0770. The zero-order valence-electron chi connectivity index (χ0n) is 16.5. The highest BCUT2D eigenvalue weighted by Gasteiger charge is 2.12. The average molecular weight is 432 g/mol. The van der Waals surface area contributed by atoms with Crippen molar-refractivity contribution in [2.75, 3.05) is 20.3 Å². The minimum absolute atomic E-state index is 0. The number of methoxy groups -OCH3 is 1. The molecule has 0 bridgehead atoms. The molecule has 0 unspecified atom stereocenters. The van der Waals surface area contributed by atoms with Gasteiger partial charge in [-0.1, -0.05) is 29.8 Å². The van der Waals surface area contributed by atoms with E-state index in [-0.39, 0.29) is 30.9 Å². The van der Waals surface area contributed by atoms with Crippen LogP contribution in [0.4, 0.5) is 4.39 Å². The molecule has 2 aromatic rings. The molecule has 0 spiro atoms. The molecule has 0 aliphatic heterocycles. The summed E-state index contributed by atoms with van der Waals surface area (Å²) in [7, 11) is 1.60. The topological polar surface area (TPSA) is 39.7 Å². The Kier molecular flexibility index (Phi) is 11.2. The van der Waals surface area contributed by atoms with E-state index in [2.05, 4.69) is 5.32 Å². The Labute approximate surface area is 177 Å². The molecule has 0 heterocycles. The number of hydrogen-bond acceptors (Lipinski definition) is 4. The molecule has 0 saturated carbocycles. The Balaban J connectivity index is 0.00000392. The molecule has 28 heavy (non-hydrogen) atoms. The fourth-order valence-electron chi connectivity index (χ4n) is 2.55. The van der Waals surface area contributed by atoms with E-state index in [1.54, 1.807) is 13.2 Å². The van der Waals surface area contributed by atoms with E-state index in [0.717, 1.165) is 25.1 Å². The maximum absolute atomic E-state index is 13.2. The first kappa shape index (κ1) is 24.5. The minimum atomic E-state index is -0.368. The lowest BCUT2D eigenvalue weighted by Crippen LogP contribution is -2.18. The number of para-hydroxylation sites is 1. The molecule has 0 fully saturated rings. The summed E-state index contributed by atoms with van der Waals surface area (Å²) in [5, 5.41) is 3.74. The highest BCUT2D eigenvalue weighted by molar-refractivity contribution is 6.31. The lowest BCUT2D eigenvalue weighted by Gasteiger charge is -2.16. The van der Waals surface area contributed by atoms with Crippen LogP contribution in [0.5, 0.6) is 11.5 Å². The lowest BCUT2D eigenvalue weighted by atomic mass is 10.1. The molecule has 0 atom stereocenters. The van der Waals surface area contributed by atoms with Gasteiger partial charge in [-0.15, -0.1) is 12.4 Å². The van der Waals surface area contributed by atoms with E-state index in [1.807, 2.05) is 32.0 Å². The quantitative estimate of drug-likeness (QED) is 0.483. The molecular weight excluding hydrogens is 404 g/mol. The van der Waals surface area contributed by atoms with Gasteiger partial charge in [0.1, 0.15) is 12.4 Å². The van der Waals surface area contributed by atoms with Gasteiger partial charge in [0.25, 0.3) is 0 Å². The van der Waals surface area contributed by atoms with Gasteiger partial charge >= 0.3 is 0 Å². The number of halogens is 3. The van der Waals surface area contributed by atoms with E-state index >= 15 is 0 Å². The molecule has 4 nitrogen and oxygen atoms in total. The summed E-state index contributed by atoms with van der Waals surface area (Å²) in [5.74, 6) is 0.939. The fraction of sp³-hybridized carbons (Fsp3) is 0.429. The maximum Gasteiger partial charge on any atom is 0.166 e. The van der Waals surface area contributed by atoms with Crippen LogP contribution >= 0.6 is 24.0 Å². The van der Waals surface area contributed by atoms with Gasteiger partial charge in [-0.3, -0.25) is 0 Å². The second-order valence-corrected chi connectivity index (χ2v) is 6.83. The highest BCUT2D eigenvalue weighted by Crippen LogP contribution is 2.32. The first-order chi connectivity index (χ1) is 13.0. The van der Waals surface area contributed by atoms with Crippen LogP contribution in [0.15, 0.2) is 36.4 Å². The average Bonchev–Trinajstić information content (AvgIpc) is 2.64. The van der Waals surface area contributed by atoms with Crippen molar-refractivity contribution in [1.29, 1.82) is 0 Å². The van der Waals surface area contributed by atoms with Crippen molar-refractivity contribution in [2.45, 2.75) is 39.5 Å². The van der Waals surface area contributed by atoms with E-state index < -0.39 is 0 Å². The molecule has 0 aliphatic rings. The Morgan fingerprint density at radius 1 is 1.14 bits per heavy atom. The van der Waals surface area contributed by atoms with Gasteiger partial charge in [0, 0.05) is 24.3 Å². The summed E-state index contributed by atoms with van der Waals surface area (Å²) in [5.41, 5.74) is 1.70. The van der Waals surface area contributed by atoms with E-state index in [1.165, 1.54) is 12.1 Å². The van der Waals surface area contributed by atoms with Crippen LogP contribution in [0.25, 0.3) is 0 Å². The Hall–Kier alpha value is -1.53. The SMILES string of the molecule is COc1cccc(CNCCCOC(C)C)c1OCc1ccc(F)cc1Cl.Cl. The third-order valence-electron chi connectivity index (χ3n) is 3.93. The van der Waals surface area contributed by atoms with Crippen molar-refractivity contribution in [2.24, 2.45) is 0 Å². The number of benzene rings is 2. The standard InChI is InChI=1S/C21H27ClFNO3.ClH/c1-15(2)26-11-5-10-24-13-16-6-4-7-20(25-3)21(16)27-14-17-8-9-18(23)12-19(17)22;/h4,6-9,12,15,24H,5,10-11,13-14H2,1-3H3;1H. The first-order valence-corrected chi connectivity index (χ1v) is 9.44. The second kappa shape index (κ2) is 12.8. The smallest absolute Gasteiger partial charge is 0.166 e. The van der Waals surface area contributed by atoms with Gasteiger partial charge in [0.15, 0.2) is 11.5 Å². The molecule has 0 amide bonds. The third kappa shape index (κ3) is 7.84. The van der Waals surface area contributed by atoms with Crippen molar-refractivity contribution in [3.05, 3.63) is 58.4 Å². The van der Waals surface area contributed by atoms with Crippen LogP contribution in [0.1, 0.15) is 31.4 Å². The Morgan fingerprint density at radius 3 is 2.61 bits per heavy atom. The van der Waals surface area contributed by atoms with Crippen molar-refractivity contribution < 1.29 is 18.6 Å². The summed E-state index contributed by atoms with van der Waals surface area (Å²) < 4.78 is 30.1. The number of rotatable bonds is 11. The Morgan fingerprint density at radius 2 is 1.93 bits per heavy atom. The number of hydrogen-bond donors (Lipinski definition) is 1. The van der Waals surface area contributed by atoms with Crippen molar-refractivity contribution in [3.63, 3.8) is 0 Å². The summed E-state index contributed by atoms with van der Waals surface area (Å²) in [6, 6.07) is 10.0. The van der Waals surface area contributed by atoms with Gasteiger partial charge < -0.3 is 19.5 Å². The largest absolute Gasteiger partial charge is 0.493 e. The third-order valence-corrected chi connectivity index (χ3v) is 4.28. The predicted molar refractivity (Wildman–Crippen MR) is 113 cm³/mol. The molecule has 2 aromatic carbocycles. The van der Waals surface area contributed by atoms with E-state index in [0.29, 0.717) is 28.6 Å². The van der Waals surface area contributed by atoms with Gasteiger partial charge in [-0.05, 0) is 45.0 Å². The monoisotopic (exact) mass is 431 g/mol. The van der Waals surface area contributed by atoms with Crippen LogP contribution in [-0.2, 0) is 17.9 Å². The molecule has 0 radical (unpaired) electrons. The molecular formula is C21H28Cl2FNO3. The summed E-state index contributed by atoms with van der Waals surface area (Å²) in [6.45, 7) is 6.50. The van der Waals surface area contributed by atoms with Crippen LogP contribution < -0.4 is 14.8 Å². The van der Waals surface area contributed by atoms with Crippen LogP contribution in [0, 0.1) is 5.82 Å². The second-order valence-electron chi connectivity index (χ2n) is 6.42. The van der Waals surface area contributed by atoms with E-state index in [4.69, 9.17) is 25.8 Å². The molecule has 0 saturated heterocycles. The van der Waals surface area contributed by atoms with Crippen LogP contribution in [0.2, 0.25) is 5.02 Å². The molecule has 2 rings (SSSR count). The maximum atomic E-state index is 13.2. The van der Waals surface area contributed by atoms with Crippen molar-refractivity contribution in [1.82, 2.24) is 5.32 Å². The van der Waals surface area contributed by atoms with Gasteiger partial charge in [0.2, 0.25) is 0 Å². The highest BCUT2D eigenvalue weighted by atomic mass is 35.5. The van der Waals surface area contributed by atoms with Crippen LogP contribution in [-0.4, -0.2) is 26.4 Å². The van der Waals surface area contributed by atoms with Gasteiger partial charge in [-0.2, -0.15) is 0 Å². The zero-order valence-corrected chi connectivity index (χ0v) is 18.0. The molecule has 1 N–H and O–H groups in total. The Bertz CT molecular complexity index is 729. The normalized spacial score (nSPS) is 10.6. The summed E-state index contributed by atoms with van der Waals surface area (Å²) >= 11 is 6.09. The number of ether oxygens (including phenoxy) is 3. The molecule has 7 heteroatoms. The number of nitrogens with one attached hydrogen (secondary N) is 1. The van der Waals surface area contributed by atoms with E-state index in [9.17, 15) is 4.39 Å². The van der Waals surface area contributed by atoms with Gasteiger partial charge in [0.05, 0.1) is 18.2 Å². The van der Waals surface area contributed by atoms with Crippen LogP contribution in [0.3, 0.4) is 0 Å². The first-order valence-electron chi connectivity index (χ1n) is 9.06. The van der Waals surface area contributed by atoms with Crippen molar-refractivity contribution in [3.8, 4) is 11.5 Å². The van der Waals surface area contributed by atoms with Gasteiger partial charge in [-0.25, -0.2) is 4.39 Å². The summed E-state index contributed by atoms with van der Waals surface area (Å²) in [4.78, 5) is 0. The predicted octanol–water partition coefficient (Wildman–Crippen LogP) is 5.39. The molecule has 0 aliphatic carbocycles. The molecule has 156 valence electrons. The summed E-state index contributed by atoms with van der Waals surface area (Å²) in [6.07, 6.45) is 1.19. The fourth-order valence-corrected chi connectivity index (χ4v) is 2.77. The minimum Gasteiger partial charge on any atom is -0.493 e. The molecule has 0 aromatic heterocycles. The van der Waals surface area contributed by atoms with Crippen molar-refractivity contribution >= 4 is 24.0 Å².